The highest BCUT2D eigenvalue weighted by molar-refractivity contribution is 6.19. The summed E-state index contributed by atoms with van der Waals surface area (Å²) in [6, 6.07) is 72.8. The maximum atomic E-state index is 2.45. The van der Waals surface area contributed by atoms with Gasteiger partial charge >= 0.3 is 0 Å². The number of benzene rings is 9. The normalized spacial score (nSPS) is 11.8. The van der Waals surface area contributed by atoms with E-state index in [9.17, 15) is 0 Å². The van der Waals surface area contributed by atoms with Crippen LogP contribution in [-0.2, 0) is 0 Å². The van der Waals surface area contributed by atoms with Crippen molar-refractivity contribution < 1.29 is 0 Å². The van der Waals surface area contributed by atoms with Crippen molar-refractivity contribution in [1.29, 1.82) is 0 Å². The lowest BCUT2D eigenvalue weighted by atomic mass is 10.1. The number of para-hydroxylation sites is 3. The van der Waals surface area contributed by atoms with Crippen molar-refractivity contribution in [2.75, 3.05) is 4.90 Å². The first-order valence-corrected chi connectivity index (χ1v) is 18.2. The van der Waals surface area contributed by atoms with Gasteiger partial charge in [-0.15, -0.1) is 0 Å². The van der Waals surface area contributed by atoms with Crippen LogP contribution in [0, 0.1) is 0 Å². The van der Waals surface area contributed by atoms with Crippen LogP contribution in [0.3, 0.4) is 0 Å². The van der Waals surface area contributed by atoms with Crippen LogP contribution < -0.4 is 4.90 Å². The molecule has 0 aliphatic heterocycles. The first kappa shape index (κ1) is 29.6. The monoisotopic (exact) mass is 675 g/mol. The lowest BCUT2D eigenvalue weighted by molar-refractivity contribution is 1.17. The summed E-state index contributed by atoms with van der Waals surface area (Å²) >= 11 is 0. The van der Waals surface area contributed by atoms with E-state index in [0.29, 0.717) is 0 Å². The Kier molecular flexibility index (Phi) is 6.55. The topological polar surface area (TPSA) is 13.1 Å². The average molecular weight is 676 g/mol. The molecule has 2 heterocycles. The minimum absolute atomic E-state index is 1.10. The zero-order valence-corrected chi connectivity index (χ0v) is 28.9. The van der Waals surface area contributed by atoms with Crippen molar-refractivity contribution in [3.05, 3.63) is 200 Å². The Morgan fingerprint density at radius 3 is 1.30 bits per heavy atom. The minimum Gasteiger partial charge on any atom is -0.310 e. The molecule has 248 valence electrons. The van der Waals surface area contributed by atoms with Gasteiger partial charge in [0.1, 0.15) is 0 Å². The molecule has 0 aliphatic rings. The SMILES string of the molecule is c1ccc(-n2c3ccccc3c3cc4c(cc32)c2ccccc2n4-c2cccc(N(c3ccc4ccccc4c3)c3ccc4ccccc4c3)c2)cc1. The molecule has 9 aromatic carbocycles. The number of hydrogen-bond acceptors (Lipinski definition) is 1. The summed E-state index contributed by atoms with van der Waals surface area (Å²) in [6.07, 6.45) is 0. The number of nitrogens with zero attached hydrogens (tertiary/aromatic N) is 3. The molecule has 3 heteroatoms. The highest BCUT2D eigenvalue weighted by atomic mass is 15.1. The van der Waals surface area contributed by atoms with E-state index in [4.69, 9.17) is 0 Å². The quantitative estimate of drug-likeness (QED) is 0.177. The molecule has 0 aliphatic carbocycles. The molecule has 53 heavy (non-hydrogen) atoms. The van der Waals surface area contributed by atoms with Crippen molar-refractivity contribution in [2.24, 2.45) is 0 Å². The van der Waals surface area contributed by atoms with Crippen molar-refractivity contribution in [2.45, 2.75) is 0 Å². The third kappa shape index (κ3) is 4.68. The average Bonchev–Trinajstić information content (AvgIpc) is 3.72. The van der Waals surface area contributed by atoms with Crippen LogP contribution in [-0.4, -0.2) is 9.13 Å². The zero-order valence-electron chi connectivity index (χ0n) is 28.9. The van der Waals surface area contributed by atoms with E-state index in [1.807, 2.05) is 0 Å². The molecule has 2 aromatic heterocycles. The van der Waals surface area contributed by atoms with E-state index >= 15 is 0 Å². The van der Waals surface area contributed by atoms with Crippen LogP contribution in [0.1, 0.15) is 0 Å². The van der Waals surface area contributed by atoms with Crippen LogP contribution in [0.2, 0.25) is 0 Å². The predicted molar refractivity (Wildman–Crippen MR) is 225 cm³/mol. The number of rotatable bonds is 5. The van der Waals surface area contributed by atoms with Crippen LogP contribution in [0.25, 0.3) is 76.5 Å². The maximum Gasteiger partial charge on any atom is 0.0548 e. The first-order chi connectivity index (χ1) is 26.3. The van der Waals surface area contributed by atoms with Gasteiger partial charge in [-0.05, 0) is 100 Å². The summed E-state index contributed by atoms with van der Waals surface area (Å²) in [5.41, 5.74) is 10.4. The number of aromatic nitrogens is 2. The fourth-order valence-corrected chi connectivity index (χ4v) is 8.41. The van der Waals surface area contributed by atoms with E-state index in [0.717, 1.165) is 28.4 Å². The van der Waals surface area contributed by atoms with Crippen LogP contribution in [0.4, 0.5) is 17.1 Å². The van der Waals surface area contributed by atoms with E-state index in [-0.39, 0.29) is 0 Å². The van der Waals surface area contributed by atoms with Gasteiger partial charge < -0.3 is 14.0 Å². The highest BCUT2D eigenvalue weighted by Gasteiger charge is 2.20. The second kappa shape index (κ2) is 11.7. The first-order valence-electron chi connectivity index (χ1n) is 18.2. The van der Waals surface area contributed by atoms with Gasteiger partial charge in [0.05, 0.1) is 22.1 Å². The van der Waals surface area contributed by atoms with Gasteiger partial charge in [0.15, 0.2) is 0 Å². The Bertz CT molecular complexity index is 3110. The Morgan fingerprint density at radius 1 is 0.264 bits per heavy atom. The van der Waals surface area contributed by atoms with Crippen molar-refractivity contribution in [3.8, 4) is 11.4 Å². The Morgan fingerprint density at radius 2 is 0.717 bits per heavy atom. The second-order valence-electron chi connectivity index (χ2n) is 13.8. The maximum absolute atomic E-state index is 2.45. The van der Waals surface area contributed by atoms with Crippen molar-refractivity contribution >= 4 is 82.2 Å². The molecule has 0 unspecified atom stereocenters. The summed E-state index contributed by atoms with van der Waals surface area (Å²) in [7, 11) is 0. The van der Waals surface area contributed by atoms with Gasteiger partial charge in [0.2, 0.25) is 0 Å². The van der Waals surface area contributed by atoms with E-state index < -0.39 is 0 Å². The summed E-state index contributed by atoms with van der Waals surface area (Å²) in [5, 5.41) is 9.85. The molecule has 0 amide bonds. The molecule has 0 radical (unpaired) electrons. The van der Waals surface area contributed by atoms with Crippen LogP contribution >= 0.6 is 0 Å². The van der Waals surface area contributed by atoms with Gasteiger partial charge in [-0.25, -0.2) is 0 Å². The van der Waals surface area contributed by atoms with Gasteiger partial charge in [-0.2, -0.15) is 0 Å². The zero-order chi connectivity index (χ0) is 34.9. The molecule has 3 nitrogen and oxygen atoms in total. The molecule has 11 aromatic rings. The van der Waals surface area contributed by atoms with Gasteiger partial charge in [0.25, 0.3) is 0 Å². The van der Waals surface area contributed by atoms with Crippen LogP contribution in [0.5, 0.6) is 0 Å². The third-order valence-corrected chi connectivity index (χ3v) is 10.8. The molecule has 0 atom stereocenters. The van der Waals surface area contributed by atoms with E-state index in [2.05, 4.69) is 214 Å². The molecule has 0 N–H and O–H groups in total. The Hall–Kier alpha value is -7.10. The summed E-state index contributed by atoms with van der Waals surface area (Å²) < 4.78 is 4.85. The molecule has 0 saturated heterocycles. The third-order valence-electron chi connectivity index (χ3n) is 10.8. The van der Waals surface area contributed by atoms with Gasteiger partial charge in [-0.3, -0.25) is 0 Å². The predicted octanol–water partition coefficient (Wildman–Crippen LogP) is 13.7. The Balaban J connectivity index is 1.16. The molecule has 11 rings (SSSR count). The molecule has 0 spiro atoms. The fourth-order valence-electron chi connectivity index (χ4n) is 8.41. The summed E-state index contributed by atoms with van der Waals surface area (Å²) in [6.45, 7) is 0. The highest BCUT2D eigenvalue weighted by Crippen LogP contribution is 2.42. The van der Waals surface area contributed by atoms with Gasteiger partial charge in [0, 0.05) is 50.0 Å². The molecule has 0 saturated carbocycles. The second-order valence-corrected chi connectivity index (χ2v) is 13.8. The molecule has 0 bridgehead atoms. The van der Waals surface area contributed by atoms with E-state index in [1.54, 1.807) is 0 Å². The standard InChI is InChI=1S/C50H33N3/c1-2-17-38(18-3-1)52-47-23-10-8-21-43(47)45-33-50-46(32-49(45)52)44-22-9-11-24-48(44)53(50)40-20-12-19-39(31-40)51(41-27-25-34-13-4-6-15-36(34)29-41)42-28-26-35-14-5-7-16-37(35)30-42/h1-33H. The van der Waals surface area contributed by atoms with E-state index in [1.165, 1.54) is 65.2 Å². The lowest BCUT2D eigenvalue weighted by Gasteiger charge is -2.27. The smallest absolute Gasteiger partial charge is 0.0548 e. The Labute approximate surface area is 306 Å². The minimum atomic E-state index is 1.10. The summed E-state index contributed by atoms with van der Waals surface area (Å²) in [4.78, 5) is 2.39. The van der Waals surface area contributed by atoms with Crippen LogP contribution in [0.15, 0.2) is 200 Å². The number of hydrogen-bond donors (Lipinski definition) is 0. The number of anilines is 3. The molecular weight excluding hydrogens is 643 g/mol. The van der Waals surface area contributed by atoms with Crippen molar-refractivity contribution in [1.82, 2.24) is 9.13 Å². The lowest BCUT2D eigenvalue weighted by Crippen LogP contribution is -2.10. The molecule has 0 fully saturated rings. The van der Waals surface area contributed by atoms with Crippen molar-refractivity contribution in [3.63, 3.8) is 0 Å². The largest absolute Gasteiger partial charge is 0.310 e. The summed E-state index contributed by atoms with van der Waals surface area (Å²) in [5.74, 6) is 0. The van der Waals surface area contributed by atoms with Gasteiger partial charge in [-0.1, -0.05) is 121 Å². The molecular formula is C50H33N3. The fraction of sp³-hybridized carbons (Fsp3) is 0. The number of fused-ring (bicyclic) bond motifs is 8.